The van der Waals surface area contributed by atoms with Gasteiger partial charge in [-0.2, -0.15) is 0 Å². The van der Waals surface area contributed by atoms with E-state index in [9.17, 15) is 9.59 Å². The first-order valence-corrected chi connectivity index (χ1v) is 9.19. The molecule has 0 aromatic heterocycles. The Hall–Kier alpha value is -1.83. The highest BCUT2D eigenvalue weighted by atomic mass is 16.5. The minimum Gasteiger partial charge on any atom is -0.376 e. The van der Waals surface area contributed by atoms with E-state index < -0.39 is 0 Å². The van der Waals surface area contributed by atoms with Crippen molar-refractivity contribution in [3.8, 4) is 0 Å². The quantitative estimate of drug-likeness (QED) is 0.546. The standard InChI is InChI=1S/C17H29N5O3/c1-20(2)16(24)11-19-17(18-10-14-4-3-9-25-14)21-7-8-22-13(12-21)5-6-15(22)23/h13-14H,3-12H2,1-2H3,(H,18,19). The van der Waals surface area contributed by atoms with Crippen molar-refractivity contribution in [3.05, 3.63) is 0 Å². The van der Waals surface area contributed by atoms with Gasteiger partial charge >= 0.3 is 0 Å². The van der Waals surface area contributed by atoms with Gasteiger partial charge in [-0.05, 0) is 19.3 Å². The summed E-state index contributed by atoms with van der Waals surface area (Å²) in [5, 5.41) is 3.39. The average molecular weight is 351 g/mol. The molecule has 3 saturated heterocycles. The van der Waals surface area contributed by atoms with Gasteiger partial charge in [0.1, 0.15) is 6.54 Å². The van der Waals surface area contributed by atoms with E-state index in [0.29, 0.717) is 13.0 Å². The van der Waals surface area contributed by atoms with Crippen LogP contribution in [-0.4, -0.2) is 98.0 Å². The second kappa shape index (κ2) is 8.03. The van der Waals surface area contributed by atoms with Crippen molar-refractivity contribution in [2.24, 2.45) is 4.99 Å². The maximum Gasteiger partial charge on any atom is 0.243 e. The fourth-order valence-electron chi connectivity index (χ4n) is 3.62. The van der Waals surface area contributed by atoms with Crippen LogP contribution in [0.1, 0.15) is 25.7 Å². The van der Waals surface area contributed by atoms with Gasteiger partial charge in [-0.15, -0.1) is 0 Å². The topological polar surface area (TPSA) is 77.5 Å². The van der Waals surface area contributed by atoms with E-state index in [-0.39, 0.29) is 30.5 Å². The lowest BCUT2D eigenvalue weighted by molar-refractivity contribution is -0.130. The van der Waals surface area contributed by atoms with Gasteiger partial charge in [-0.1, -0.05) is 0 Å². The lowest BCUT2D eigenvalue weighted by Gasteiger charge is -2.39. The van der Waals surface area contributed by atoms with Crippen LogP contribution in [0.4, 0.5) is 0 Å². The van der Waals surface area contributed by atoms with Crippen LogP contribution in [0.3, 0.4) is 0 Å². The Morgan fingerprint density at radius 2 is 2.20 bits per heavy atom. The predicted molar refractivity (Wildman–Crippen MR) is 94.3 cm³/mol. The fourth-order valence-corrected chi connectivity index (χ4v) is 3.62. The van der Waals surface area contributed by atoms with Crippen LogP contribution in [-0.2, 0) is 14.3 Å². The molecule has 1 N–H and O–H groups in total. The number of carbonyl (C=O) groups is 2. The molecule has 3 rings (SSSR count). The number of ether oxygens (including phenoxy) is 1. The zero-order valence-electron chi connectivity index (χ0n) is 15.2. The predicted octanol–water partition coefficient (Wildman–Crippen LogP) is -0.494. The highest BCUT2D eigenvalue weighted by Gasteiger charge is 2.36. The molecule has 0 bridgehead atoms. The zero-order valence-corrected chi connectivity index (χ0v) is 15.2. The number of hydrogen-bond acceptors (Lipinski definition) is 4. The third kappa shape index (κ3) is 4.42. The van der Waals surface area contributed by atoms with E-state index in [4.69, 9.17) is 4.74 Å². The molecule has 0 aliphatic carbocycles. The molecule has 8 nitrogen and oxygen atoms in total. The molecule has 0 radical (unpaired) electrons. The zero-order chi connectivity index (χ0) is 17.8. The molecule has 3 aliphatic heterocycles. The first-order chi connectivity index (χ1) is 12.0. The molecule has 25 heavy (non-hydrogen) atoms. The largest absolute Gasteiger partial charge is 0.376 e. The highest BCUT2D eigenvalue weighted by Crippen LogP contribution is 2.22. The van der Waals surface area contributed by atoms with Gasteiger partial charge in [0.05, 0.1) is 6.10 Å². The molecule has 3 heterocycles. The summed E-state index contributed by atoms with van der Waals surface area (Å²) in [6.45, 7) is 3.91. The summed E-state index contributed by atoms with van der Waals surface area (Å²) in [7, 11) is 3.47. The van der Waals surface area contributed by atoms with Crippen LogP contribution in [0, 0.1) is 0 Å². The van der Waals surface area contributed by atoms with Crippen molar-refractivity contribution in [1.82, 2.24) is 20.0 Å². The number of hydrogen-bond donors (Lipinski definition) is 1. The first kappa shape index (κ1) is 18.0. The van der Waals surface area contributed by atoms with Crippen molar-refractivity contribution < 1.29 is 14.3 Å². The third-order valence-electron chi connectivity index (χ3n) is 5.17. The monoisotopic (exact) mass is 351 g/mol. The fraction of sp³-hybridized carbons (Fsp3) is 0.824. The number of nitrogens with zero attached hydrogens (tertiary/aromatic N) is 4. The van der Waals surface area contributed by atoms with Gasteiger partial charge < -0.3 is 24.8 Å². The van der Waals surface area contributed by atoms with Gasteiger partial charge in [-0.25, -0.2) is 4.99 Å². The van der Waals surface area contributed by atoms with Crippen LogP contribution >= 0.6 is 0 Å². The van der Waals surface area contributed by atoms with Gasteiger partial charge in [0.25, 0.3) is 0 Å². The van der Waals surface area contributed by atoms with E-state index in [0.717, 1.165) is 51.5 Å². The Morgan fingerprint density at radius 1 is 1.36 bits per heavy atom. The molecule has 0 saturated carbocycles. The van der Waals surface area contributed by atoms with Crippen LogP contribution in [0.15, 0.2) is 4.99 Å². The summed E-state index contributed by atoms with van der Waals surface area (Å²) in [6.07, 6.45) is 3.92. The molecule has 0 aromatic carbocycles. The second-order valence-electron chi connectivity index (χ2n) is 7.17. The maximum atomic E-state index is 11.9. The lowest BCUT2D eigenvalue weighted by atomic mass is 10.1. The minimum absolute atomic E-state index is 0.0221. The second-order valence-corrected chi connectivity index (χ2v) is 7.17. The maximum absolute atomic E-state index is 11.9. The van der Waals surface area contributed by atoms with E-state index >= 15 is 0 Å². The van der Waals surface area contributed by atoms with Crippen LogP contribution in [0.25, 0.3) is 0 Å². The molecule has 2 amide bonds. The number of carbonyl (C=O) groups excluding carboxylic acids is 2. The van der Waals surface area contributed by atoms with Crippen molar-refractivity contribution in [3.63, 3.8) is 0 Å². The Morgan fingerprint density at radius 3 is 2.92 bits per heavy atom. The Labute approximate surface area is 149 Å². The smallest absolute Gasteiger partial charge is 0.243 e. The van der Waals surface area contributed by atoms with E-state index in [1.165, 1.54) is 0 Å². The molecule has 8 heteroatoms. The number of rotatable bonds is 4. The minimum atomic E-state index is -0.0221. The molecule has 0 aromatic rings. The number of piperazine rings is 1. The van der Waals surface area contributed by atoms with Gasteiger partial charge in [-0.3, -0.25) is 9.59 Å². The van der Waals surface area contributed by atoms with Gasteiger partial charge in [0.15, 0.2) is 5.96 Å². The molecule has 140 valence electrons. The number of likely N-dealkylation sites (N-methyl/N-ethyl adjacent to an activating group) is 1. The molecular formula is C17H29N5O3. The third-order valence-corrected chi connectivity index (χ3v) is 5.17. The molecule has 3 fully saturated rings. The van der Waals surface area contributed by atoms with Crippen molar-refractivity contribution in [2.45, 2.75) is 37.8 Å². The highest BCUT2D eigenvalue weighted by molar-refractivity contribution is 5.85. The van der Waals surface area contributed by atoms with E-state index in [1.807, 2.05) is 4.90 Å². The summed E-state index contributed by atoms with van der Waals surface area (Å²) < 4.78 is 5.67. The van der Waals surface area contributed by atoms with Crippen molar-refractivity contribution in [2.75, 3.05) is 53.4 Å². The van der Waals surface area contributed by atoms with Crippen LogP contribution < -0.4 is 5.32 Å². The van der Waals surface area contributed by atoms with Gasteiger partial charge in [0, 0.05) is 59.3 Å². The Bertz CT molecular complexity index is 530. The first-order valence-electron chi connectivity index (χ1n) is 9.19. The Balaban J connectivity index is 1.63. The number of guanidine groups is 1. The van der Waals surface area contributed by atoms with Crippen LogP contribution in [0.2, 0.25) is 0 Å². The van der Waals surface area contributed by atoms with Gasteiger partial charge in [0.2, 0.25) is 11.8 Å². The van der Waals surface area contributed by atoms with Crippen molar-refractivity contribution >= 4 is 17.8 Å². The number of fused-ring (bicyclic) bond motifs is 1. The SMILES string of the molecule is CN(C)C(=O)CN=C(NCC1CCCO1)N1CCN2C(=O)CCC2C1. The average Bonchev–Trinajstić information content (AvgIpc) is 3.24. The number of amides is 2. The normalized spacial score (nSPS) is 26.8. The lowest BCUT2D eigenvalue weighted by Crippen LogP contribution is -2.56. The summed E-state index contributed by atoms with van der Waals surface area (Å²) in [5.41, 5.74) is 0. The molecule has 2 unspecified atom stereocenters. The molecular weight excluding hydrogens is 322 g/mol. The molecule has 0 spiro atoms. The summed E-state index contributed by atoms with van der Waals surface area (Å²) in [4.78, 5) is 34.0. The van der Waals surface area contributed by atoms with E-state index in [2.05, 4.69) is 15.2 Å². The van der Waals surface area contributed by atoms with Crippen LogP contribution in [0.5, 0.6) is 0 Å². The van der Waals surface area contributed by atoms with Crippen molar-refractivity contribution in [1.29, 1.82) is 0 Å². The number of aliphatic imine (C=N–C) groups is 1. The summed E-state index contributed by atoms with van der Waals surface area (Å²) >= 11 is 0. The summed E-state index contributed by atoms with van der Waals surface area (Å²) in [5.74, 6) is 0.994. The summed E-state index contributed by atoms with van der Waals surface area (Å²) in [6, 6.07) is 0.264. The molecule has 3 aliphatic rings. The molecule has 2 atom stereocenters. The number of nitrogens with one attached hydrogen (secondary N) is 1. The van der Waals surface area contributed by atoms with E-state index in [1.54, 1.807) is 19.0 Å². The Kier molecular flexibility index (Phi) is 5.78.